The number of H-pyrrole nitrogens is 1. The molecular weight excluding hydrogens is 415 g/mol. The lowest BCUT2D eigenvalue weighted by atomic mass is 10.1. The van der Waals surface area contributed by atoms with E-state index in [1.54, 1.807) is 6.07 Å². The highest BCUT2D eigenvalue weighted by molar-refractivity contribution is 6.06. The number of aromatic amines is 1. The second-order valence-electron chi connectivity index (χ2n) is 7.40. The third-order valence-corrected chi connectivity index (χ3v) is 5.00. The van der Waals surface area contributed by atoms with Crippen molar-refractivity contribution in [3.05, 3.63) is 77.4 Å². The van der Waals surface area contributed by atoms with Crippen molar-refractivity contribution in [3.63, 3.8) is 0 Å². The van der Waals surface area contributed by atoms with Crippen molar-refractivity contribution in [2.45, 2.75) is 31.8 Å². The maximum atomic E-state index is 13.4. The van der Waals surface area contributed by atoms with Crippen molar-refractivity contribution >= 4 is 23.8 Å². The van der Waals surface area contributed by atoms with Gasteiger partial charge in [0.2, 0.25) is 11.9 Å². The highest BCUT2D eigenvalue weighted by Crippen LogP contribution is 2.15. The Bertz CT molecular complexity index is 1130. The Morgan fingerprint density at radius 2 is 1.84 bits per heavy atom. The van der Waals surface area contributed by atoms with Gasteiger partial charge >= 0.3 is 6.03 Å². The molecule has 1 saturated heterocycles. The van der Waals surface area contributed by atoms with Crippen LogP contribution in [0.25, 0.3) is 0 Å². The molecule has 32 heavy (non-hydrogen) atoms. The van der Waals surface area contributed by atoms with Crippen LogP contribution in [-0.4, -0.2) is 44.0 Å². The summed E-state index contributed by atoms with van der Waals surface area (Å²) in [5.74, 6) is -0.792. The molecule has 2 aromatic carbocycles. The first-order chi connectivity index (χ1) is 15.5. The van der Waals surface area contributed by atoms with E-state index in [0.717, 1.165) is 16.9 Å². The fourth-order valence-electron chi connectivity index (χ4n) is 3.41. The summed E-state index contributed by atoms with van der Waals surface area (Å²) in [6, 6.07) is 13.9. The van der Waals surface area contributed by atoms with Gasteiger partial charge in [0.05, 0.1) is 13.0 Å². The Labute approximate surface area is 183 Å². The molecule has 3 aromatic rings. The number of rotatable bonds is 8. The van der Waals surface area contributed by atoms with Gasteiger partial charge in [0.15, 0.2) is 0 Å². The molecule has 1 fully saturated rings. The van der Waals surface area contributed by atoms with Crippen LogP contribution in [0.1, 0.15) is 23.4 Å². The number of halogens is 1. The van der Waals surface area contributed by atoms with Gasteiger partial charge in [0.1, 0.15) is 17.7 Å². The highest BCUT2D eigenvalue weighted by atomic mass is 19.1. The molecule has 1 aromatic heterocycles. The van der Waals surface area contributed by atoms with E-state index in [0.29, 0.717) is 17.8 Å². The Hall–Kier alpha value is -4.08. The monoisotopic (exact) mass is 436 g/mol. The molecule has 10 heteroatoms. The van der Waals surface area contributed by atoms with Gasteiger partial charge in [-0.1, -0.05) is 42.5 Å². The number of carbonyl (C=O) groups is 3. The first-order valence-electron chi connectivity index (χ1n) is 10.1. The minimum Gasteiger partial charge on any atom is -0.325 e. The molecule has 0 spiro atoms. The predicted molar refractivity (Wildman–Crippen MR) is 113 cm³/mol. The predicted octanol–water partition coefficient (Wildman–Crippen LogP) is 2.18. The third-order valence-electron chi connectivity index (χ3n) is 5.00. The standard InChI is InChI=1S/C22H21FN6O3/c23-16-8-4-7-15(11-16)13-29-20(31)17(24-22(29)32)12-19(30)26-21-25-18(27-28-21)10-9-14-5-2-1-3-6-14/h1-8,11,17H,9-10,12-13H2,(H,24,32)(H2,25,26,27,28,30)/t17-/m0/s1. The van der Waals surface area contributed by atoms with E-state index in [9.17, 15) is 18.8 Å². The number of imide groups is 1. The molecule has 0 bridgehead atoms. The lowest BCUT2D eigenvalue weighted by Gasteiger charge is -2.13. The second-order valence-corrected chi connectivity index (χ2v) is 7.40. The van der Waals surface area contributed by atoms with Gasteiger partial charge in [-0.3, -0.25) is 24.9 Å². The zero-order valence-electron chi connectivity index (χ0n) is 17.0. The van der Waals surface area contributed by atoms with Crippen LogP contribution >= 0.6 is 0 Å². The highest BCUT2D eigenvalue weighted by Gasteiger charge is 2.39. The summed E-state index contributed by atoms with van der Waals surface area (Å²) in [6.45, 7) is -0.0771. The van der Waals surface area contributed by atoms with Crippen LogP contribution in [0.4, 0.5) is 15.1 Å². The normalized spacial score (nSPS) is 15.7. The van der Waals surface area contributed by atoms with Crippen LogP contribution in [0.2, 0.25) is 0 Å². The smallest absolute Gasteiger partial charge is 0.325 e. The summed E-state index contributed by atoms with van der Waals surface area (Å²) in [4.78, 5) is 42.2. The van der Waals surface area contributed by atoms with Crippen LogP contribution in [0.5, 0.6) is 0 Å². The van der Waals surface area contributed by atoms with Crippen molar-refractivity contribution < 1.29 is 18.8 Å². The quantitative estimate of drug-likeness (QED) is 0.468. The first-order valence-corrected chi connectivity index (χ1v) is 10.1. The molecule has 0 saturated carbocycles. The zero-order chi connectivity index (χ0) is 22.5. The maximum Gasteiger partial charge on any atom is 0.325 e. The zero-order valence-corrected chi connectivity index (χ0v) is 17.0. The Morgan fingerprint density at radius 3 is 2.62 bits per heavy atom. The van der Waals surface area contributed by atoms with Gasteiger partial charge in [-0.2, -0.15) is 4.98 Å². The Balaban J connectivity index is 1.29. The molecule has 0 aliphatic carbocycles. The van der Waals surface area contributed by atoms with E-state index >= 15 is 0 Å². The minimum atomic E-state index is -1.01. The van der Waals surface area contributed by atoms with E-state index in [2.05, 4.69) is 25.8 Å². The van der Waals surface area contributed by atoms with Gasteiger partial charge in [-0.15, -0.1) is 5.10 Å². The van der Waals surface area contributed by atoms with Gasteiger partial charge in [0.25, 0.3) is 5.91 Å². The summed E-state index contributed by atoms with van der Waals surface area (Å²) < 4.78 is 13.4. The third kappa shape index (κ3) is 5.15. The number of anilines is 1. The molecule has 1 aliphatic heterocycles. The minimum absolute atomic E-state index is 0.0771. The van der Waals surface area contributed by atoms with Gasteiger partial charge < -0.3 is 5.32 Å². The van der Waals surface area contributed by atoms with Crippen molar-refractivity contribution in [2.24, 2.45) is 0 Å². The first kappa shape index (κ1) is 21.2. The topological polar surface area (TPSA) is 120 Å². The molecule has 164 valence electrons. The number of aryl methyl sites for hydroxylation is 2. The van der Waals surface area contributed by atoms with Crippen molar-refractivity contribution in [2.75, 3.05) is 5.32 Å². The molecule has 2 heterocycles. The molecule has 1 atom stereocenters. The van der Waals surface area contributed by atoms with Crippen LogP contribution < -0.4 is 10.6 Å². The lowest BCUT2D eigenvalue weighted by molar-refractivity contribution is -0.130. The number of nitrogens with one attached hydrogen (secondary N) is 3. The fraction of sp³-hybridized carbons (Fsp3) is 0.227. The summed E-state index contributed by atoms with van der Waals surface area (Å²) in [7, 11) is 0. The number of amides is 4. The van der Waals surface area contributed by atoms with E-state index in [-0.39, 0.29) is 18.9 Å². The van der Waals surface area contributed by atoms with Crippen LogP contribution in [0.15, 0.2) is 54.6 Å². The molecule has 3 N–H and O–H groups in total. The van der Waals surface area contributed by atoms with Crippen LogP contribution in [0.3, 0.4) is 0 Å². The van der Waals surface area contributed by atoms with E-state index in [4.69, 9.17) is 0 Å². The Morgan fingerprint density at radius 1 is 1.06 bits per heavy atom. The molecule has 0 unspecified atom stereocenters. The molecule has 4 amide bonds. The summed E-state index contributed by atoms with van der Waals surface area (Å²) in [5.41, 5.74) is 1.63. The van der Waals surface area contributed by atoms with Gasteiger partial charge in [-0.05, 0) is 29.7 Å². The van der Waals surface area contributed by atoms with Gasteiger partial charge in [0, 0.05) is 6.42 Å². The van der Waals surface area contributed by atoms with Gasteiger partial charge in [-0.25, -0.2) is 9.18 Å². The molecular formula is C22H21FN6O3. The maximum absolute atomic E-state index is 13.4. The van der Waals surface area contributed by atoms with Crippen molar-refractivity contribution in [1.29, 1.82) is 0 Å². The average molecular weight is 436 g/mol. The fourth-order valence-corrected chi connectivity index (χ4v) is 3.41. The van der Waals surface area contributed by atoms with E-state index in [1.165, 1.54) is 18.2 Å². The summed E-state index contributed by atoms with van der Waals surface area (Å²) in [6.07, 6.45) is 1.13. The van der Waals surface area contributed by atoms with Crippen LogP contribution in [0, 0.1) is 5.82 Å². The SMILES string of the molecule is O=C(C[C@@H]1NC(=O)N(Cc2cccc(F)c2)C1=O)Nc1n[nH]c(CCc2ccccc2)n1. The number of benzene rings is 2. The number of urea groups is 1. The second kappa shape index (κ2) is 9.38. The Kier molecular flexibility index (Phi) is 6.20. The number of nitrogens with zero attached hydrogens (tertiary/aromatic N) is 3. The number of aromatic nitrogens is 3. The molecule has 9 nitrogen and oxygen atoms in total. The lowest BCUT2D eigenvalue weighted by Crippen LogP contribution is -2.34. The van der Waals surface area contributed by atoms with E-state index < -0.39 is 29.7 Å². The van der Waals surface area contributed by atoms with E-state index in [1.807, 2.05) is 30.3 Å². The van der Waals surface area contributed by atoms with Crippen LogP contribution in [-0.2, 0) is 29.0 Å². The molecule has 1 aliphatic rings. The number of hydrogen-bond acceptors (Lipinski definition) is 5. The van der Waals surface area contributed by atoms with Crippen molar-refractivity contribution in [3.8, 4) is 0 Å². The number of hydrogen-bond donors (Lipinski definition) is 3. The molecule has 0 radical (unpaired) electrons. The average Bonchev–Trinajstić information content (AvgIpc) is 3.32. The summed E-state index contributed by atoms with van der Waals surface area (Å²) in [5, 5.41) is 11.8. The number of carbonyl (C=O) groups excluding carboxylic acids is 3. The largest absolute Gasteiger partial charge is 0.325 e. The molecule has 4 rings (SSSR count). The summed E-state index contributed by atoms with van der Waals surface area (Å²) >= 11 is 0. The van der Waals surface area contributed by atoms with Crippen molar-refractivity contribution in [1.82, 2.24) is 25.4 Å².